The first-order valence-corrected chi connectivity index (χ1v) is 7.15. The fourth-order valence-electron chi connectivity index (χ4n) is 2.43. The summed E-state index contributed by atoms with van der Waals surface area (Å²) in [4.78, 5) is 4.58. The molecule has 0 aliphatic heterocycles. The minimum absolute atomic E-state index is 0.666. The Morgan fingerprint density at radius 1 is 0.900 bits per heavy atom. The fourth-order valence-corrected chi connectivity index (χ4v) is 2.81. The van der Waals surface area contributed by atoms with Crippen LogP contribution in [0.1, 0.15) is 0 Å². The summed E-state index contributed by atoms with van der Waals surface area (Å²) >= 11 is 3.50. The second kappa shape index (κ2) is 4.46. The zero-order valence-electron chi connectivity index (χ0n) is 10.5. The van der Waals surface area contributed by atoms with E-state index in [1.807, 2.05) is 42.5 Å². The number of fused-ring (bicyclic) bond motifs is 2. The molecule has 3 aromatic carbocycles. The highest BCUT2D eigenvalue weighted by Crippen LogP contribution is 2.31. The Bertz CT molecular complexity index is 893. The van der Waals surface area contributed by atoms with Crippen molar-refractivity contribution in [1.82, 2.24) is 4.98 Å². The maximum Gasteiger partial charge on any atom is 0.227 e. The Balaban J connectivity index is 2.01. The predicted molar refractivity (Wildman–Crippen MR) is 84.7 cm³/mol. The Labute approximate surface area is 124 Å². The Morgan fingerprint density at radius 2 is 1.80 bits per heavy atom. The number of nitrogens with zero attached hydrogens (tertiary/aromatic N) is 1. The van der Waals surface area contributed by atoms with Crippen LogP contribution in [-0.2, 0) is 0 Å². The first-order chi connectivity index (χ1) is 9.81. The average Bonchev–Trinajstić information content (AvgIpc) is 2.90. The van der Waals surface area contributed by atoms with Gasteiger partial charge in [0.2, 0.25) is 5.89 Å². The van der Waals surface area contributed by atoms with E-state index in [0.29, 0.717) is 5.89 Å². The van der Waals surface area contributed by atoms with Gasteiger partial charge in [0.05, 0.1) is 0 Å². The molecule has 2 nitrogen and oxygen atoms in total. The van der Waals surface area contributed by atoms with E-state index < -0.39 is 0 Å². The second-order valence-corrected chi connectivity index (χ2v) is 5.57. The van der Waals surface area contributed by atoms with Gasteiger partial charge in [-0.1, -0.05) is 46.3 Å². The van der Waals surface area contributed by atoms with Crippen molar-refractivity contribution in [2.24, 2.45) is 0 Å². The molecule has 0 radical (unpaired) electrons. The van der Waals surface area contributed by atoms with E-state index >= 15 is 0 Å². The monoisotopic (exact) mass is 323 g/mol. The SMILES string of the molecule is Brc1ccc2c(-c3nc4ccccc4o3)cccc2c1. The molecule has 0 fully saturated rings. The van der Waals surface area contributed by atoms with Gasteiger partial charge in [0.1, 0.15) is 5.52 Å². The number of halogens is 1. The molecule has 0 bridgehead atoms. The summed E-state index contributed by atoms with van der Waals surface area (Å²) in [6.07, 6.45) is 0. The Kier molecular flexibility index (Phi) is 2.60. The van der Waals surface area contributed by atoms with Gasteiger partial charge in [-0.25, -0.2) is 4.98 Å². The number of hydrogen-bond donors (Lipinski definition) is 0. The third-order valence-electron chi connectivity index (χ3n) is 3.37. The molecule has 1 aromatic heterocycles. The van der Waals surface area contributed by atoms with Crippen LogP contribution in [0.2, 0.25) is 0 Å². The van der Waals surface area contributed by atoms with Crippen LogP contribution in [-0.4, -0.2) is 4.98 Å². The molecule has 0 aliphatic carbocycles. The van der Waals surface area contributed by atoms with E-state index in [1.165, 1.54) is 5.39 Å². The van der Waals surface area contributed by atoms with Gasteiger partial charge in [0, 0.05) is 10.0 Å². The number of hydrogen-bond acceptors (Lipinski definition) is 2. The van der Waals surface area contributed by atoms with Gasteiger partial charge >= 0.3 is 0 Å². The number of rotatable bonds is 1. The average molecular weight is 324 g/mol. The first-order valence-electron chi connectivity index (χ1n) is 6.35. The summed E-state index contributed by atoms with van der Waals surface area (Å²) in [6.45, 7) is 0. The molecule has 0 saturated carbocycles. The Morgan fingerprint density at radius 3 is 2.70 bits per heavy atom. The van der Waals surface area contributed by atoms with Crippen molar-refractivity contribution in [2.45, 2.75) is 0 Å². The molecule has 96 valence electrons. The normalized spacial score (nSPS) is 11.2. The van der Waals surface area contributed by atoms with E-state index in [9.17, 15) is 0 Å². The van der Waals surface area contributed by atoms with Crippen LogP contribution in [0.4, 0.5) is 0 Å². The number of benzene rings is 3. The Hall–Kier alpha value is -2.13. The minimum atomic E-state index is 0.666. The highest BCUT2D eigenvalue weighted by Gasteiger charge is 2.10. The molecule has 0 unspecified atom stereocenters. The van der Waals surface area contributed by atoms with E-state index in [4.69, 9.17) is 4.42 Å². The van der Waals surface area contributed by atoms with Crippen LogP contribution in [0.3, 0.4) is 0 Å². The number of oxazole rings is 1. The van der Waals surface area contributed by atoms with E-state index in [0.717, 1.165) is 26.5 Å². The highest BCUT2D eigenvalue weighted by atomic mass is 79.9. The van der Waals surface area contributed by atoms with Crippen LogP contribution in [0.15, 0.2) is 69.6 Å². The summed E-state index contributed by atoms with van der Waals surface area (Å²) in [5.74, 6) is 0.666. The molecule has 0 saturated heterocycles. The third-order valence-corrected chi connectivity index (χ3v) is 3.86. The molecule has 1 heterocycles. The van der Waals surface area contributed by atoms with E-state index in [1.54, 1.807) is 0 Å². The fraction of sp³-hybridized carbons (Fsp3) is 0. The van der Waals surface area contributed by atoms with Crippen LogP contribution in [0.5, 0.6) is 0 Å². The van der Waals surface area contributed by atoms with Crippen molar-refractivity contribution >= 4 is 37.8 Å². The quantitative estimate of drug-likeness (QED) is 0.468. The number of para-hydroxylation sites is 2. The number of aromatic nitrogens is 1. The van der Waals surface area contributed by atoms with E-state index in [2.05, 4.69) is 39.1 Å². The standard InChI is InChI=1S/C17H10BrNO/c18-12-8-9-13-11(10-12)4-3-5-14(13)17-19-15-6-1-2-7-16(15)20-17/h1-10H. The molecular formula is C17H10BrNO. The van der Waals surface area contributed by atoms with Crippen LogP contribution in [0.25, 0.3) is 33.3 Å². The van der Waals surface area contributed by atoms with Gasteiger partial charge in [0.25, 0.3) is 0 Å². The topological polar surface area (TPSA) is 26.0 Å². The summed E-state index contributed by atoms with van der Waals surface area (Å²) in [5, 5.41) is 2.31. The minimum Gasteiger partial charge on any atom is -0.436 e. The van der Waals surface area contributed by atoms with Crippen molar-refractivity contribution < 1.29 is 4.42 Å². The first kappa shape index (κ1) is 11.7. The van der Waals surface area contributed by atoms with E-state index in [-0.39, 0.29) is 0 Å². The maximum absolute atomic E-state index is 5.87. The molecular weight excluding hydrogens is 314 g/mol. The zero-order chi connectivity index (χ0) is 13.5. The van der Waals surface area contributed by atoms with Crippen molar-refractivity contribution in [3.05, 3.63) is 65.1 Å². The lowest BCUT2D eigenvalue weighted by Gasteiger charge is -2.03. The smallest absolute Gasteiger partial charge is 0.227 e. The molecule has 4 rings (SSSR count). The van der Waals surface area contributed by atoms with Gasteiger partial charge < -0.3 is 4.42 Å². The van der Waals surface area contributed by atoms with Crippen molar-refractivity contribution in [3.63, 3.8) is 0 Å². The third kappa shape index (κ3) is 1.82. The molecule has 0 N–H and O–H groups in total. The van der Waals surface area contributed by atoms with Crippen molar-refractivity contribution in [3.8, 4) is 11.5 Å². The van der Waals surface area contributed by atoms with Gasteiger partial charge in [0.15, 0.2) is 5.58 Å². The van der Waals surface area contributed by atoms with Crippen molar-refractivity contribution in [2.75, 3.05) is 0 Å². The summed E-state index contributed by atoms with van der Waals surface area (Å²) in [7, 11) is 0. The lowest BCUT2D eigenvalue weighted by Crippen LogP contribution is -1.81. The molecule has 3 heteroatoms. The van der Waals surface area contributed by atoms with Crippen LogP contribution >= 0.6 is 15.9 Å². The molecule has 0 amide bonds. The molecule has 0 spiro atoms. The van der Waals surface area contributed by atoms with Gasteiger partial charge in [-0.15, -0.1) is 0 Å². The van der Waals surface area contributed by atoms with Crippen LogP contribution in [0, 0.1) is 0 Å². The summed E-state index contributed by atoms with van der Waals surface area (Å²) < 4.78 is 6.94. The highest BCUT2D eigenvalue weighted by molar-refractivity contribution is 9.10. The molecule has 4 aromatic rings. The van der Waals surface area contributed by atoms with Crippen LogP contribution < -0.4 is 0 Å². The molecule has 0 atom stereocenters. The van der Waals surface area contributed by atoms with Gasteiger partial charge in [-0.05, 0) is 41.1 Å². The van der Waals surface area contributed by atoms with Gasteiger partial charge in [-0.2, -0.15) is 0 Å². The molecule has 20 heavy (non-hydrogen) atoms. The predicted octanol–water partition coefficient (Wildman–Crippen LogP) is 5.41. The zero-order valence-corrected chi connectivity index (χ0v) is 12.1. The summed E-state index contributed by atoms with van der Waals surface area (Å²) in [5.41, 5.74) is 2.72. The van der Waals surface area contributed by atoms with Gasteiger partial charge in [-0.3, -0.25) is 0 Å². The second-order valence-electron chi connectivity index (χ2n) is 4.66. The molecule has 0 aliphatic rings. The summed E-state index contributed by atoms with van der Waals surface area (Å²) in [6, 6.07) is 20.2. The maximum atomic E-state index is 5.87. The lowest BCUT2D eigenvalue weighted by atomic mass is 10.0. The lowest BCUT2D eigenvalue weighted by molar-refractivity contribution is 0.620. The van der Waals surface area contributed by atoms with Crippen molar-refractivity contribution in [1.29, 1.82) is 0 Å². The largest absolute Gasteiger partial charge is 0.436 e.